The summed E-state index contributed by atoms with van der Waals surface area (Å²) in [4.78, 5) is 64.7. The molecule has 0 aromatic heterocycles. The van der Waals surface area contributed by atoms with E-state index in [0.29, 0.717) is 36.4 Å². The molecule has 0 fully saturated rings. The lowest BCUT2D eigenvalue weighted by Gasteiger charge is -2.34. The smallest absolute Gasteiger partial charge is 0.344 e. The molecule has 0 spiro atoms. The first-order valence-corrected chi connectivity index (χ1v) is 19.1. The van der Waals surface area contributed by atoms with Gasteiger partial charge in [0.1, 0.15) is 29.8 Å². The first-order valence-electron chi connectivity index (χ1n) is 19.1. The van der Waals surface area contributed by atoms with Crippen LogP contribution in [0, 0.1) is 17.8 Å². The maximum Gasteiger partial charge on any atom is 0.344 e. The van der Waals surface area contributed by atoms with Crippen LogP contribution in [0.25, 0.3) is 0 Å². The number of ketones is 1. The zero-order valence-corrected chi connectivity index (χ0v) is 33.2. The quantitative estimate of drug-likeness (QED) is 0.0329. The van der Waals surface area contributed by atoms with Crippen molar-refractivity contribution in [3.63, 3.8) is 0 Å². The molecule has 1 rings (SSSR count). The lowest BCUT2D eigenvalue weighted by molar-refractivity contribution is -0.185. The zero-order chi connectivity index (χ0) is 40.4. The van der Waals surface area contributed by atoms with Crippen LogP contribution in [0.15, 0.2) is 36.4 Å². The Bertz CT molecular complexity index is 1390. The minimum absolute atomic E-state index is 0.0799. The average Bonchev–Trinajstić information content (AvgIpc) is 3.12. The summed E-state index contributed by atoms with van der Waals surface area (Å²) >= 11 is 0. The van der Waals surface area contributed by atoms with Crippen LogP contribution in [0.3, 0.4) is 0 Å². The molecule has 0 aliphatic heterocycles. The number of carbonyl (C=O) groups is 5. The molecule has 0 aliphatic carbocycles. The molecule has 0 unspecified atom stereocenters. The zero-order valence-electron chi connectivity index (χ0n) is 33.2. The third-order valence-electron chi connectivity index (χ3n) is 8.52. The molecule has 12 heteroatoms. The number of nitrogens with one attached hydrogen (secondary N) is 1. The Kier molecular flexibility index (Phi) is 23.5. The van der Waals surface area contributed by atoms with E-state index in [2.05, 4.69) is 28.8 Å². The number of aliphatic hydroxyl groups excluding tert-OH is 1. The monoisotopic (exact) mass is 757 g/mol. The van der Waals surface area contributed by atoms with Crippen molar-refractivity contribution in [2.24, 2.45) is 5.92 Å². The summed E-state index contributed by atoms with van der Waals surface area (Å²) in [6.45, 7) is 7.53. The summed E-state index contributed by atoms with van der Waals surface area (Å²) in [6, 6.07) is 5.37. The van der Waals surface area contributed by atoms with Crippen molar-refractivity contribution >= 4 is 29.6 Å². The number of rotatable bonds is 27. The molecule has 0 heterocycles. The fraction of sp³-hybridized carbons (Fsp3) is 0.643. The molecule has 0 bridgehead atoms. The van der Waals surface area contributed by atoms with Gasteiger partial charge in [-0.1, -0.05) is 75.7 Å². The van der Waals surface area contributed by atoms with Gasteiger partial charge >= 0.3 is 17.9 Å². The van der Waals surface area contributed by atoms with E-state index in [-0.39, 0.29) is 13.0 Å². The van der Waals surface area contributed by atoms with Gasteiger partial charge < -0.3 is 34.5 Å². The number of amides is 1. The van der Waals surface area contributed by atoms with Crippen LogP contribution in [0.4, 0.5) is 0 Å². The highest BCUT2D eigenvalue weighted by Gasteiger charge is 2.49. The van der Waals surface area contributed by atoms with Gasteiger partial charge in [0.15, 0.2) is 12.2 Å². The molecular weight excluding hydrogens is 694 g/mol. The normalized spacial score (nSPS) is 13.5. The second-order valence-corrected chi connectivity index (χ2v) is 14.3. The van der Waals surface area contributed by atoms with Gasteiger partial charge in [-0.15, -0.1) is 5.92 Å². The summed E-state index contributed by atoms with van der Waals surface area (Å²) in [5.41, 5.74) is -2.93. The predicted octanol–water partition coefficient (Wildman–Crippen LogP) is 5.73. The molecule has 0 saturated carbocycles. The molecular formula is C42H63NO11. The Hall–Kier alpha value is -4.21. The molecule has 12 nitrogen and oxygen atoms in total. The third-order valence-corrected chi connectivity index (χ3v) is 8.52. The van der Waals surface area contributed by atoms with Gasteiger partial charge in [-0.2, -0.15) is 0 Å². The fourth-order valence-corrected chi connectivity index (χ4v) is 5.50. The minimum Gasteiger partial charge on any atom is -0.481 e. The number of aliphatic hydroxyl groups is 2. The number of benzene rings is 1. The number of unbranched alkanes of at least 4 members (excludes halogenated alkanes) is 8. The number of hydrogen-bond acceptors (Lipinski definition) is 11. The van der Waals surface area contributed by atoms with E-state index in [1.165, 1.54) is 25.3 Å². The maximum atomic E-state index is 14.1. The summed E-state index contributed by atoms with van der Waals surface area (Å²) in [5.74, 6) is 1.01. The Balaban J connectivity index is 3.18. The van der Waals surface area contributed by atoms with Crippen molar-refractivity contribution in [2.75, 3.05) is 26.9 Å². The standard InChI is InChI=1S/C42H63NO11/c1-7-9-11-14-17-20-33(45)21-18-15-12-13-16-19-22-35(42(50,27-28-44)40(49)54-41(3,4)5)38(47)43-36(39(48)53-31-37(46)51-6)30-32-23-25-34(26-24-32)52-29-10-8-2/h19,22-26,35-36,44,50H,7,9,11-18,20-21,27-31H2,1-6H3,(H,43,47)/b22-19+/t35-,36+,42-/m1/s1. The van der Waals surface area contributed by atoms with E-state index < -0.39 is 66.6 Å². The first-order chi connectivity index (χ1) is 25.7. The van der Waals surface area contributed by atoms with Gasteiger partial charge in [-0.05, 0) is 71.1 Å². The number of esters is 3. The fourth-order valence-electron chi connectivity index (χ4n) is 5.50. The predicted molar refractivity (Wildman–Crippen MR) is 205 cm³/mol. The topological polar surface area (TPSA) is 175 Å². The highest BCUT2D eigenvalue weighted by molar-refractivity contribution is 5.93. The molecule has 3 atom stereocenters. The van der Waals surface area contributed by atoms with Crippen molar-refractivity contribution in [2.45, 2.75) is 142 Å². The number of Topliss-reactive ketones (excluding diaryl/α,β-unsaturated/α-hetero) is 1. The van der Waals surface area contributed by atoms with Crippen molar-refractivity contribution in [3.8, 4) is 17.6 Å². The van der Waals surface area contributed by atoms with E-state index in [1.807, 2.05) is 0 Å². The van der Waals surface area contributed by atoms with Crippen LogP contribution in [0.5, 0.6) is 5.75 Å². The minimum atomic E-state index is -2.50. The third kappa shape index (κ3) is 19.7. The van der Waals surface area contributed by atoms with Crippen LogP contribution >= 0.6 is 0 Å². The second kappa shape index (κ2) is 26.5. The summed E-state index contributed by atoms with van der Waals surface area (Å²) in [6.07, 6.45) is 12.9. The molecule has 1 amide bonds. The largest absolute Gasteiger partial charge is 0.481 e. The van der Waals surface area contributed by atoms with E-state index in [4.69, 9.17) is 14.2 Å². The van der Waals surface area contributed by atoms with E-state index >= 15 is 0 Å². The van der Waals surface area contributed by atoms with Crippen LogP contribution in [0.1, 0.15) is 124 Å². The van der Waals surface area contributed by atoms with Gasteiger partial charge in [0.25, 0.3) is 0 Å². The van der Waals surface area contributed by atoms with Gasteiger partial charge in [-0.25, -0.2) is 14.4 Å². The Morgan fingerprint density at radius 2 is 1.56 bits per heavy atom. The van der Waals surface area contributed by atoms with Crippen LogP contribution in [-0.4, -0.2) is 84.0 Å². The molecule has 1 aromatic carbocycles. The number of hydrogen-bond donors (Lipinski definition) is 3. The first kappa shape index (κ1) is 47.8. The summed E-state index contributed by atoms with van der Waals surface area (Å²) in [7, 11) is 1.14. The van der Waals surface area contributed by atoms with Gasteiger partial charge in [0, 0.05) is 32.3 Å². The Morgan fingerprint density at radius 1 is 0.926 bits per heavy atom. The number of carbonyl (C=O) groups excluding carboxylic acids is 5. The summed E-state index contributed by atoms with van der Waals surface area (Å²) in [5, 5.41) is 24.3. The van der Waals surface area contributed by atoms with Crippen LogP contribution in [0.2, 0.25) is 0 Å². The molecule has 0 aliphatic rings. The molecule has 0 radical (unpaired) electrons. The highest BCUT2D eigenvalue weighted by Crippen LogP contribution is 2.29. The molecule has 1 aromatic rings. The molecule has 3 N–H and O–H groups in total. The number of methoxy groups -OCH3 is 1. The van der Waals surface area contributed by atoms with Crippen molar-refractivity contribution in [1.82, 2.24) is 5.32 Å². The average molecular weight is 758 g/mol. The SMILES string of the molecule is CC#CCOc1ccc(C[C@H](NC(=O)[C@@H](/C=C/CCCCCCC(=O)CCCCCCC)[C@](O)(CCO)C(=O)OC(C)(C)C)C(=O)OCC(=O)OC)cc1. The summed E-state index contributed by atoms with van der Waals surface area (Å²) < 4.78 is 20.7. The highest BCUT2D eigenvalue weighted by atomic mass is 16.6. The lowest BCUT2D eigenvalue weighted by atomic mass is 9.82. The van der Waals surface area contributed by atoms with E-state index in [0.717, 1.165) is 45.6 Å². The van der Waals surface area contributed by atoms with Crippen LogP contribution in [-0.2, 0) is 44.6 Å². The number of allylic oxidation sites excluding steroid dienone is 1. The Morgan fingerprint density at radius 3 is 2.13 bits per heavy atom. The van der Waals surface area contributed by atoms with Crippen molar-refractivity contribution < 1.29 is 53.1 Å². The second-order valence-electron chi connectivity index (χ2n) is 14.3. The molecule has 0 saturated heterocycles. The van der Waals surface area contributed by atoms with Crippen molar-refractivity contribution in [3.05, 3.63) is 42.0 Å². The molecule has 54 heavy (non-hydrogen) atoms. The van der Waals surface area contributed by atoms with Crippen molar-refractivity contribution in [1.29, 1.82) is 0 Å². The maximum absolute atomic E-state index is 14.1. The van der Waals surface area contributed by atoms with E-state index in [1.54, 1.807) is 58.0 Å². The van der Waals surface area contributed by atoms with Crippen LogP contribution < -0.4 is 10.1 Å². The van der Waals surface area contributed by atoms with Gasteiger partial charge in [0.2, 0.25) is 5.91 Å². The van der Waals surface area contributed by atoms with E-state index in [9.17, 15) is 34.2 Å². The van der Waals surface area contributed by atoms with Gasteiger partial charge in [0.05, 0.1) is 13.0 Å². The molecule has 302 valence electrons. The number of ether oxygens (including phenoxy) is 4. The lowest BCUT2D eigenvalue weighted by Crippen LogP contribution is -2.56. The van der Waals surface area contributed by atoms with Gasteiger partial charge in [-0.3, -0.25) is 9.59 Å². The Labute approximate surface area is 321 Å².